The summed E-state index contributed by atoms with van der Waals surface area (Å²) in [6.07, 6.45) is 7.57. The van der Waals surface area contributed by atoms with Gasteiger partial charge < -0.3 is 9.47 Å². The zero-order valence-corrected chi connectivity index (χ0v) is 12.4. The van der Waals surface area contributed by atoms with Crippen LogP contribution in [0, 0.1) is 17.8 Å². The van der Waals surface area contributed by atoms with Gasteiger partial charge >= 0.3 is 5.97 Å². The molecule has 2 aliphatic carbocycles. The monoisotopic (exact) mass is 266 g/mol. The molecule has 3 nitrogen and oxygen atoms in total. The van der Waals surface area contributed by atoms with Gasteiger partial charge in [0.2, 0.25) is 0 Å². The molecular formula is C16H26O3. The highest BCUT2D eigenvalue weighted by Gasteiger charge is 2.53. The average Bonchev–Trinajstić information content (AvgIpc) is 3.09. The lowest BCUT2D eigenvalue weighted by Crippen LogP contribution is -2.56. The molecule has 0 bridgehead atoms. The van der Waals surface area contributed by atoms with Crippen LogP contribution < -0.4 is 0 Å². The van der Waals surface area contributed by atoms with Crippen LogP contribution in [0.25, 0.3) is 0 Å². The third-order valence-electron chi connectivity index (χ3n) is 5.32. The first-order valence-corrected chi connectivity index (χ1v) is 7.83. The number of fused-ring (bicyclic) bond motifs is 1. The summed E-state index contributed by atoms with van der Waals surface area (Å²) in [6.45, 7) is 5.98. The maximum Gasteiger partial charge on any atom is 0.303 e. The van der Waals surface area contributed by atoms with E-state index in [2.05, 4.69) is 13.8 Å². The van der Waals surface area contributed by atoms with E-state index in [1.807, 2.05) is 0 Å². The van der Waals surface area contributed by atoms with E-state index in [4.69, 9.17) is 9.47 Å². The summed E-state index contributed by atoms with van der Waals surface area (Å²) in [5, 5.41) is 0. The molecule has 3 rings (SSSR count). The number of hydrogen-bond donors (Lipinski definition) is 0. The molecule has 0 aromatic carbocycles. The van der Waals surface area contributed by atoms with E-state index in [0.29, 0.717) is 24.0 Å². The Kier molecular flexibility index (Phi) is 3.36. The first-order chi connectivity index (χ1) is 8.98. The molecule has 1 saturated heterocycles. The Hall–Kier alpha value is -0.570. The number of carbonyl (C=O) groups is 1. The van der Waals surface area contributed by atoms with Crippen molar-refractivity contribution in [1.82, 2.24) is 0 Å². The molecule has 0 aromatic rings. The van der Waals surface area contributed by atoms with Crippen LogP contribution in [0.1, 0.15) is 59.3 Å². The smallest absolute Gasteiger partial charge is 0.303 e. The van der Waals surface area contributed by atoms with Crippen molar-refractivity contribution >= 4 is 5.97 Å². The molecule has 0 radical (unpaired) electrons. The zero-order chi connectivity index (χ0) is 13.6. The molecule has 1 aliphatic heterocycles. The fraction of sp³-hybridized carbons (Fsp3) is 0.938. The van der Waals surface area contributed by atoms with Crippen molar-refractivity contribution in [3.8, 4) is 0 Å². The van der Waals surface area contributed by atoms with Crippen molar-refractivity contribution in [2.45, 2.75) is 77.1 Å². The topological polar surface area (TPSA) is 35.5 Å². The molecule has 0 N–H and O–H groups in total. The molecule has 0 amide bonds. The molecule has 3 heteroatoms. The van der Waals surface area contributed by atoms with Crippen LogP contribution >= 0.6 is 0 Å². The van der Waals surface area contributed by atoms with E-state index < -0.39 is 0 Å². The van der Waals surface area contributed by atoms with Crippen molar-refractivity contribution in [2.75, 3.05) is 0 Å². The average molecular weight is 266 g/mol. The first kappa shape index (κ1) is 13.4. The molecule has 0 spiro atoms. The molecule has 19 heavy (non-hydrogen) atoms. The normalized spacial score (nSPS) is 46.5. The van der Waals surface area contributed by atoms with Crippen LogP contribution in [-0.4, -0.2) is 23.8 Å². The van der Waals surface area contributed by atoms with Crippen LogP contribution in [-0.2, 0) is 14.3 Å². The highest BCUT2D eigenvalue weighted by molar-refractivity contribution is 5.66. The van der Waals surface area contributed by atoms with Crippen molar-refractivity contribution in [1.29, 1.82) is 0 Å². The summed E-state index contributed by atoms with van der Waals surface area (Å²) in [7, 11) is 0. The Morgan fingerprint density at radius 2 is 1.95 bits per heavy atom. The number of esters is 1. The molecule has 108 valence electrons. The van der Waals surface area contributed by atoms with Gasteiger partial charge in [0.1, 0.15) is 5.60 Å². The summed E-state index contributed by atoms with van der Waals surface area (Å²) in [5.41, 5.74) is -0.303. The van der Waals surface area contributed by atoms with E-state index in [9.17, 15) is 4.79 Å². The van der Waals surface area contributed by atoms with Crippen molar-refractivity contribution in [3.05, 3.63) is 0 Å². The fourth-order valence-electron chi connectivity index (χ4n) is 4.19. The van der Waals surface area contributed by atoms with Crippen molar-refractivity contribution in [2.24, 2.45) is 17.8 Å². The predicted molar refractivity (Wildman–Crippen MR) is 72.7 cm³/mol. The van der Waals surface area contributed by atoms with Gasteiger partial charge in [0.15, 0.2) is 0 Å². The van der Waals surface area contributed by atoms with Crippen molar-refractivity contribution < 1.29 is 14.3 Å². The second-order valence-electron chi connectivity index (χ2n) is 7.19. The third kappa shape index (κ3) is 2.67. The van der Waals surface area contributed by atoms with Gasteiger partial charge in [-0.2, -0.15) is 0 Å². The SMILES string of the molecule is CC(=O)O[C@]1(C)C[C@H](C2CC2)O[C@@H]2C[C@H](C)CC[C@H]21. The van der Waals surface area contributed by atoms with Gasteiger partial charge in [-0.05, 0) is 44.4 Å². The van der Waals surface area contributed by atoms with Crippen LogP contribution in [0.2, 0.25) is 0 Å². The van der Waals surface area contributed by atoms with Crippen LogP contribution in [0.5, 0.6) is 0 Å². The Labute approximate surface area is 116 Å². The lowest BCUT2D eigenvalue weighted by molar-refractivity contribution is -0.218. The van der Waals surface area contributed by atoms with Gasteiger partial charge in [0.25, 0.3) is 0 Å². The van der Waals surface area contributed by atoms with E-state index >= 15 is 0 Å². The second kappa shape index (κ2) is 4.76. The molecule has 0 unspecified atom stereocenters. The molecular weight excluding hydrogens is 240 g/mol. The maximum atomic E-state index is 11.5. The van der Waals surface area contributed by atoms with Crippen LogP contribution in [0.15, 0.2) is 0 Å². The highest BCUT2D eigenvalue weighted by Crippen LogP contribution is 2.50. The van der Waals surface area contributed by atoms with Gasteiger partial charge in [-0.25, -0.2) is 0 Å². The van der Waals surface area contributed by atoms with Crippen molar-refractivity contribution in [3.63, 3.8) is 0 Å². The Balaban J connectivity index is 1.80. The Morgan fingerprint density at radius 3 is 2.58 bits per heavy atom. The second-order valence-corrected chi connectivity index (χ2v) is 7.19. The van der Waals surface area contributed by atoms with E-state index in [0.717, 1.165) is 25.2 Å². The number of rotatable bonds is 2. The zero-order valence-electron chi connectivity index (χ0n) is 12.4. The maximum absolute atomic E-state index is 11.5. The number of hydrogen-bond acceptors (Lipinski definition) is 3. The minimum atomic E-state index is -0.303. The minimum Gasteiger partial charge on any atom is -0.459 e. The predicted octanol–water partition coefficient (Wildman–Crippen LogP) is 3.31. The quantitative estimate of drug-likeness (QED) is 0.719. The van der Waals surface area contributed by atoms with Gasteiger partial charge in [-0.1, -0.05) is 13.3 Å². The summed E-state index contributed by atoms with van der Waals surface area (Å²) < 4.78 is 12.1. The lowest BCUT2D eigenvalue weighted by Gasteiger charge is -2.51. The van der Waals surface area contributed by atoms with Gasteiger partial charge in [0.05, 0.1) is 12.2 Å². The molecule has 3 aliphatic rings. The highest BCUT2D eigenvalue weighted by atomic mass is 16.6. The largest absolute Gasteiger partial charge is 0.459 e. The first-order valence-electron chi connectivity index (χ1n) is 7.83. The summed E-state index contributed by atoms with van der Waals surface area (Å²) in [5.74, 6) is 1.70. The van der Waals surface area contributed by atoms with Gasteiger partial charge in [-0.3, -0.25) is 4.79 Å². The minimum absolute atomic E-state index is 0.142. The Morgan fingerprint density at radius 1 is 1.21 bits per heavy atom. The summed E-state index contributed by atoms with van der Waals surface area (Å²) in [6, 6.07) is 0. The molecule has 1 heterocycles. The molecule has 3 fully saturated rings. The number of carbonyl (C=O) groups excluding carboxylic acids is 1. The van der Waals surface area contributed by atoms with E-state index in [1.54, 1.807) is 0 Å². The fourth-order valence-corrected chi connectivity index (χ4v) is 4.19. The summed E-state index contributed by atoms with van der Waals surface area (Å²) in [4.78, 5) is 11.5. The summed E-state index contributed by atoms with van der Waals surface area (Å²) >= 11 is 0. The van der Waals surface area contributed by atoms with Crippen LogP contribution in [0.3, 0.4) is 0 Å². The van der Waals surface area contributed by atoms with Gasteiger partial charge in [-0.15, -0.1) is 0 Å². The molecule has 2 saturated carbocycles. The van der Waals surface area contributed by atoms with E-state index in [-0.39, 0.29) is 11.6 Å². The number of ether oxygens (including phenoxy) is 2. The lowest BCUT2D eigenvalue weighted by atomic mass is 9.68. The van der Waals surface area contributed by atoms with Crippen LogP contribution in [0.4, 0.5) is 0 Å². The standard InChI is InChI=1S/C16H26O3/c1-10-4-7-13-14(8-10)18-15(12-5-6-12)9-16(13,3)19-11(2)17/h10,12-15H,4-9H2,1-3H3/t10-,13-,14-,15-,16-/m1/s1. The molecule has 5 atom stereocenters. The van der Waals surface area contributed by atoms with Gasteiger partial charge in [0, 0.05) is 19.3 Å². The Bertz CT molecular complexity index is 363. The molecule has 0 aromatic heterocycles. The third-order valence-corrected chi connectivity index (χ3v) is 5.32. The van der Waals surface area contributed by atoms with E-state index in [1.165, 1.54) is 26.2 Å².